The topological polar surface area (TPSA) is 118 Å². The zero-order valence-corrected chi connectivity index (χ0v) is 18.9. The molecule has 5 N–H and O–H groups in total. The van der Waals surface area contributed by atoms with E-state index in [-0.39, 0.29) is 6.42 Å². The minimum Gasteiger partial charge on any atom is -0.394 e. The Bertz CT molecular complexity index is 426. The van der Waals surface area contributed by atoms with Gasteiger partial charge in [-0.15, -0.1) is 0 Å². The Labute approximate surface area is 183 Å². The average molecular weight is 431 g/mol. The zero-order chi connectivity index (χ0) is 22.6. The highest BCUT2D eigenvalue weighted by atomic mass is 16.4. The summed E-state index contributed by atoms with van der Waals surface area (Å²) in [5.74, 6) is -0.914. The molecule has 6 nitrogen and oxygen atoms in total. The summed E-state index contributed by atoms with van der Waals surface area (Å²) >= 11 is 0. The standard InChI is InChI=1S/C24H46O6/c1-2-3-4-5-6-7-8-9-10-11-12-13-14-15-16-17-18-20(26)22(28)24(30)23(29)21(27)19-25/h9-10,20-21,23-27,29-30H,2-8,11-19H2,1H3/t20?,21-,23-,24-/m1/s1. The molecule has 30 heavy (non-hydrogen) atoms. The Balaban J connectivity index is 3.56. The van der Waals surface area contributed by atoms with E-state index in [9.17, 15) is 25.2 Å². The smallest absolute Gasteiger partial charge is 0.192 e. The Morgan fingerprint density at radius 2 is 1.20 bits per heavy atom. The van der Waals surface area contributed by atoms with Crippen molar-refractivity contribution >= 4 is 5.78 Å². The molecule has 0 aliphatic rings. The Morgan fingerprint density at radius 3 is 1.70 bits per heavy atom. The van der Waals surface area contributed by atoms with Crippen molar-refractivity contribution in [3.05, 3.63) is 12.2 Å². The maximum Gasteiger partial charge on any atom is 0.192 e. The number of rotatable bonds is 21. The molecular formula is C24H46O6. The largest absolute Gasteiger partial charge is 0.394 e. The molecule has 0 saturated carbocycles. The van der Waals surface area contributed by atoms with Gasteiger partial charge in [-0.3, -0.25) is 4.79 Å². The van der Waals surface area contributed by atoms with Crippen LogP contribution in [0.3, 0.4) is 0 Å². The van der Waals surface area contributed by atoms with Crippen LogP contribution < -0.4 is 0 Å². The molecule has 0 aromatic rings. The number of unbranched alkanes of at least 4 members (excludes halogenated alkanes) is 12. The van der Waals surface area contributed by atoms with Crippen molar-refractivity contribution in [3.8, 4) is 0 Å². The van der Waals surface area contributed by atoms with Crippen molar-refractivity contribution in [1.82, 2.24) is 0 Å². The third kappa shape index (κ3) is 15.1. The van der Waals surface area contributed by atoms with E-state index in [0.29, 0.717) is 6.42 Å². The Morgan fingerprint density at radius 1 is 0.733 bits per heavy atom. The van der Waals surface area contributed by atoms with Crippen LogP contribution >= 0.6 is 0 Å². The molecule has 4 atom stereocenters. The highest BCUT2D eigenvalue weighted by molar-refractivity contribution is 5.87. The molecule has 0 spiro atoms. The lowest BCUT2D eigenvalue weighted by molar-refractivity contribution is -0.148. The van der Waals surface area contributed by atoms with Gasteiger partial charge < -0.3 is 25.5 Å². The van der Waals surface area contributed by atoms with E-state index in [4.69, 9.17) is 5.11 Å². The predicted molar refractivity (Wildman–Crippen MR) is 120 cm³/mol. The monoisotopic (exact) mass is 430 g/mol. The normalized spacial score (nSPS) is 15.9. The van der Waals surface area contributed by atoms with Crippen LogP contribution in [0.15, 0.2) is 12.2 Å². The minimum absolute atomic E-state index is 0.221. The van der Waals surface area contributed by atoms with Gasteiger partial charge in [-0.1, -0.05) is 83.3 Å². The molecule has 0 bridgehead atoms. The lowest BCUT2D eigenvalue weighted by Gasteiger charge is -2.22. The van der Waals surface area contributed by atoms with E-state index < -0.39 is 36.8 Å². The molecule has 0 aromatic carbocycles. The Kier molecular flexibility index (Phi) is 19.6. The fraction of sp³-hybridized carbons (Fsp3) is 0.875. The molecule has 1 unspecified atom stereocenters. The lowest BCUT2D eigenvalue weighted by atomic mass is 9.97. The van der Waals surface area contributed by atoms with Crippen molar-refractivity contribution in [2.24, 2.45) is 0 Å². The van der Waals surface area contributed by atoms with Crippen molar-refractivity contribution in [1.29, 1.82) is 0 Å². The molecule has 0 aliphatic heterocycles. The van der Waals surface area contributed by atoms with E-state index in [0.717, 1.165) is 25.7 Å². The van der Waals surface area contributed by atoms with Crippen molar-refractivity contribution < 1.29 is 30.3 Å². The van der Waals surface area contributed by atoms with Crippen LogP contribution in [0.4, 0.5) is 0 Å². The van der Waals surface area contributed by atoms with Crippen LogP contribution in [0.25, 0.3) is 0 Å². The summed E-state index contributed by atoms with van der Waals surface area (Å²) in [4.78, 5) is 11.8. The molecule has 0 saturated heterocycles. The van der Waals surface area contributed by atoms with Crippen LogP contribution in [0.2, 0.25) is 0 Å². The summed E-state index contributed by atoms with van der Waals surface area (Å²) in [5.41, 5.74) is 0. The maximum absolute atomic E-state index is 11.8. The number of carbonyl (C=O) groups excluding carboxylic acids is 1. The third-order valence-electron chi connectivity index (χ3n) is 5.51. The number of hydrogen-bond acceptors (Lipinski definition) is 6. The number of aliphatic hydroxyl groups excluding tert-OH is 5. The molecule has 0 amide bonds. The first-order chi connectivity index (χ1) is 14.5. The second-order valence-electron chi connectivity index (χ2n) is 8.33. The molecule has 178 valence electrons. The van der Waals surface area contributed by atoms with Crippen LogP contribution in [0, 0.1) is 0 Å². The molecule has 0 radical (unpaired) electrons. The molecule has 0 fully saturated rings. The predicted octanol–water partition coefficient (Wildman–Crippen LogP) is 3.42. The average Bonchev–Trinajstić information content (AvgIpc) is 2.76. The number of hydrogen-bond donors (Lipinski definition) is 5. The minimum atomic E-state index is -1.89. The van der Waals surface area contributed by atoms with Gasteiger partial charge in [-0.05, 0) is 32.1 Å². The van der Waals surface area contributed by atoms with Crippen LogP contribution in [0.5, 0.6) is 0 Å². The summed E-state index contributed by atoms with van der Waals surface area (Å²) in [6, 6.07) is 0. The van der Waals surface area contributed by atoms with E-state index in [1.165, 1.54) is 57.8 Å². The zero-order valence-electron chi connectivity index (χ0n) is 18.9. The molecule has 0 aliphatic carbocycles. The van der Waals surface area contributed by atoms with Gasteiger partial charge in [0.25, 0.3) is 0 Å². The SMILES string of the molecule is CCCCCCCCC=CCCCCCCCCC(O)C(=O)[C@@H](O)[C@H](O)[C@H](O)CO. The van der Waals surface area contributed by atoms with E-state index in [1.54, 1.807) is 0 Å². The van der Waals surface area contributed by atoms with Gasteiger partial charge in [-0.25, -0.2) is 0 Å². The van der Waals surface area contributed by atoms with Gasteiger partial charge in [0.2, 0.25) is 0 Å². The second kappa shape index (κ2) is 20.1. The third-order valence-corrected chi connectivity index (χ3v) is 5.51. The fourth-order valence-electron chi connectivity index (χ4n) is 3.41. The lowest BCUT2D eigenvalue weighted by Crippen LogP contribution is -2.47. The Hall–Kier alpha value is -0.790. The molecule has 0 aromatic heterocycles. The highest BCUT2D eigenvalue weighted by Gasteiger charge is 2.33. The molecular weight excluding hydrogens is 384 g/mol. The molecule has 0 heterocycles. The first-order valence-corrected chi connectivity index (χ1v) is 12.0. The quantitative estimate of drug-likeness (QED) is 0.141. The maximum atomic E-state index is 11.8. The van der Waals surface area contributed by atoms with Crippen LogP contribution in [-0.2, 0) is 4.79 Å². The van der Waals surface area contributed by atoms with E-state index in [2.05, 4.69) is 19.1 Å². The van der Waals surface area contributed by atoms with Crippen molar-refractivity contribution in [3.63, 3.8) is 0 Å². The van der Waals surface area contributed by atoms with Gasteiger partial charge in [0, 0.05) is 0 Å². The van der Waals surface area contributed by atoms with E-state index in [1.807, 2.05) is 0 Å². The summed E-state index contributed by atoms with van der Waals surface area (Å²) < 4.78 is 0. The first kappa shape index (κ1) is 29.2. The summed E-state index contributed by atoms with van der Waals surface area (Å²) in [6.45, 7) is 1.47. The van der Waals surface area contributed by atoms with Gasteiger partial charge in [0.05, 0.1) is 6.61 Å². The number of Topliss-reactive ketones (excluding diaryl/α,β-unsaturated/α-hetero) is 1. The number of ketones is 1. The van der Waals surface area contributed by atoms with Crippen molar-refractivity contribution in [2.75, 3.05) is 6.61 Å². The van der Waals surface area contributed by atoms with Gasteiger partial charge in [-0.2, -0.15) is 0 Å². The fourth-order valence-corrected chi connectivity index (χ4v) is 3.41. The van der Waals surface area contributed by atoms with Crippen LogP contribution in [0.1, 0.15) is 103 Å². The number of carbonyl (C=O) groups is 1. The first-order valence-electron chi connectivity index (χ1n) is 12.0. The summed E-state index contributed by atoms with van der Waals surface area (Å²) in [5, 5.41) is 47.0. The van der Waals surface area contributed by atoms with E-state index >= 15 is 0 Å². The van der Waals surface area contributed by atoms with Gasteiger partial charge in [0.1, 0.15) is 24.4 Å². The number of aliphatic hydroxyl groups is 5. The molecule has 0 rings (SSSR count). The highest BCUT2D eigenvalue weighted by Crippen LogP contribution is 2.13. The second-order valence-corrected chi connectivity index (χ2v) is 8.33. The summed E-state index contributed by atoms with van der Waals surface area (Å²) in [6.07, 6.45) is 14.6. The van der Waals surface area contributed by atoms with Gasteiger partial charge >= 0.3 is 0 Å². The molecule has 6 heteroatoms. The van der Waals surface area contributed by atoms with Crippen molar-refractivity contribution in [2.45, 2.75) is 128 Å². The van der Waals surface area contributed by atoms with Crippen LogP contribution in [-0.4, -0.2) is 62.3 Å². The summed E-state index contributed by atoms with van der Waals surface area (Å²) in [7, 11) is 0. The van der Waals surface area contributed by atoms with Gasteiger partial charge in [0.15, 0.2) is 5.78 Å². The number of allylic oxidation sites excluding steroid dienone is 2.